The van der Waals surface area contributed by atoms with E-state index in [4.69, 9.17) is 20.7 Å². The van der Waals surface area contributed by atoms with Gasteiger partial charge in [-0.1, -0.05) is 19.8 Å². The fourth-order valence-electron chi connectivity index (χ4n) is 2.26. The number of carboxylic acids is 2. The molecule has 0 atom stereocenters. The highest BCUT2D eigenvalue weighted by molar-refractivity contribution is 5.99. The predicted molar refractivity (Wildman–Crippen MR) is 116 cm³/mol. The smallest absolute Gasteiger partial charge is 0.328 e. The van der Waals surface area contributed by atoms with Gasteiger partial charge in [-0.05, 0) is 24.6 Å². The number of benzene rings is 1. The number of guanidine groups is 1. The van der Waals surface area contributed by atoms with Gasteiger partial charge in [0.05, 0.1) is 13.3 Å². The fraction of sp³-hybridized carbons (Fsp3) is 0.300. The number of aromatic amines is 1. The topological polar surface area (TPSA) is 162 Å². The molecule has 0 saturated heterocycles. The highest BCUT2D eigenvalue weighted by Crippen LogP contribution is 2.22. The van der Waals surface area contributed by atoms with Crippen LogP contribution in [0.15, 0.2) is 46.6 Å². The minimum Gasteiger partial charge on any atom is -0.497 e. The van der Waals surface area contributed by atoms with E-state index in [2.05, 4.69) is 27.4 Å². The predicted octanol–water partition coefficient (Wildman–Crippen LogP) is 2.32. The summed E-state index contributed by atoms with van der Waals surface area (Å²) in [4.78, 5) is 26.5. The number of hydrogen-bond donors (Lipinski definition) is 5. The molecule has 162 valence electrons. The summed E-state index contributed by atoms with van der Waals surface area (Å²) in [5, 5.41) is 20.8. The molecule has 0 radical (unpaired) electrons. The number of nitrogens with one attached hydrogen (secondary N) is 2. The van der Waals surface area contributed by atoms with Crippen LogP contribution in [0.2, 0.25) is 0 Å². The molecule has 0 amide bonds. The normalized spacial score (nSPS) is 11.5. The van der Waals surface area contributed by atoms with Crippen LogP contribution in [0.1, 0.15) is 31.7 Å². The number of nitrogens with zero attached hydrogens (tertiary/aromatic N) is 2. The van der Waals surface area contributed by atoms with Crippen LogP contribution < -0.4 is 15.9 Å². The number of rotatable bonds is 9. The zero-order valence-corrected chi connectivity index (χ0v) is 17.0. The first-order chi connectivity index (χ1) is 14.4. The lowest BCUT2D eigenvalue weighted by Gasteiger charge is -2.00. The van der Waals surface area contributed by atoms with E-state index in [0.717, 1.165) is 41.6 Å². The Kier molecular flexibility index (Phi) is 10.8. The molecule has 0 fully saturated rings. The van der Waals surface area contributed by atoms with E-state index in [1.165, 1.54) is 6.42 Å². The first-order valence-electron chi connectivity index (χ1n) is 9.25. The van der Waals surface area contributed by atoms with Crippen molar-refractivity contribution in [3.63, 3.8) is 0 Å². The third-order valence-electron chi connectivity index (χ3n) is 3.72. The average molecular weight is 417 g/mol. The molecular formula is C20H27N5O5. The largest absolute Gasteiger partial charge is 0.497 e. The maximum Gasteiger partial charge on any atom is 0.328 e. The van der Waals surface area contributed by atoms with Gasteiger partial charge in [0.25, 0.3) is 0 Å². The second kappa shape index (κ2) is 13.4. The van der Waals surface area contributed by atoms with Crippen molar-refractivity contribution in [3.05, 3.63) is 42.1 Å². The molecule has 0 bridgehead atoms. The molecule has 0 saturated carbocycles. The van der Waals surface area contributed by atoms with Crippen molar-refractivity contribution in [2.75, 3.05) is 13.7 Å². The van der Waals surface area contributed by atoms with E-state index < -0.39 is 11.9 Å². The van der Waals surface area contributed by atoms with Crippen molar-refractivity contribution in [2.45, 2.75) is 26.2 Å². The van der Waals surface area contributed by atoms with Gasteiger partial charge in [0.2, 0.25) is 5.96 Å². The number of aliphatic carboxylic acids is 2. The molecule has 0 aliphatic carbocycles. The van der Waals surface area contributed by atoms with Crippen molar-refractivity contribution in [3.8, 4) is 5.75 Å². The number of unbranched alkanes of at least 4 members (excludes halogenated alkanes) is 2. The SMILES string of the molecule is CCCCCN=C(N)N/N=C/c1c[nH]c2ccc(OC)cc12.O=C(O)C=CC(=O)O. The fourth-order valence-corrected chi connectivity index (χ4v) is 2.26. The van der Waals surface area contributed by atoms with Gasteiger partial charge in [-0.2, -0.15) is 5.10 Å². The first kappa shape index (κ1) is 24.2. The van der Waals surface area contributed by atoms with E-state index in [0.29, 0.717) is 18.1 Å². The molecule has 10 nitrogen and oxygen atoms in total. The van der Waals surface area contributed by atoms with Crippen LogP contribution in [-0.4, -0.2) is 53.0 Å². The number of carbonyl (C=O) groups is 2. The molecule has 10 heteroatoms. The summed E-state index contributed by atoms with van der Waals surface area (Å²) in [5.74, 6) is -1.36. The van der Waals surface area contributed by atoms with Crippen LogP contribution in [0.4, 0.5) is 0 Å². The summed E-state index contributed by atoms with van der Waals surface area (Å²) in [6.45, 7) is 2.89. The minimum atomic E-state index is -1.26. The van der Waals surface area contributed by atoms with Gasteiger partial charge < -0.3 is 25.7 Å². The van der Waals surface area contributed by atoms with Crippen molar-refractivity contribution < 1.29 is 24.5 Å². The number of nitrogens with two attached hydrogens (primary N) is 1. The number of hydrogen-bond acceptors (Lipinski definition) is 5. The summed E-state index contributed by atoms with van der Waals surface area (Å²) in [6, 6.07) is 5.86. The maximum absolute atomic E-state index is 9.55. The molecule has 1 aromatic heterocycles. The van der Waals surface area contributed by atoms with Gasteiger partial charge in [0.15, 0.2) is 0 Å². The second-order valence-electron chi connectivity index (χ2n) is 6.01. The first-order valence-corrected chi connectivity index (χ1v) is 9.25. The zero-order chi connectivity index (χ0) is 22.4. The Hall–Kier alpha value is -3.82. The summed E-state index contributed by atoms with van der Waals surface area (Å²) >= 11 is 0. The van der Waals surface area contributed by atoms with Crippen molar-refractivity contribution >= 4 is 35.0 Å². The number of ether oxygens (including phenoxy) is 1. The molecule has 2 aromatic rings. The van der Waals surface area contributed by atoms with Gasteiger partial charge in [0.1, 0.15) is 5.75 Å². The summed E-state index contributed by atoms with van der Waals surface area (Å²) < 4.78 is 5.24. The number of carboxylic acid groups (broad SMARTS) is 2. The summed E-state index contributed by atoms with van der Waals surface area (Å²) in [7, 11) is 1.65. The Morgan fingerprint density at radius 3 is 2.53 bits per heavy atom. The van der Waals surface area contributed by atoms with Crippen LogP contribution >= 0.6 is 0 Å². The lowest BCUT2D eigenvalue weighted by atomic mass is 10.2. The molecular weight excluding hydrogens is 390 g/mol. The van der Waals surface area contributed by atoms with Crippen molar-refractivity contribution in [2.24, 2.45) is 15.8 Å². The van der Waals surface area contributed by atoms with E-state index in [-0.39, 0.29) is 0 Å². The Labute approximate surface area is 174 Å². The van der Waals surface area contributed by atoms with Crippen LogP contribution in [0, 0.1) is 0 Å². The van der Waals surface area contributed by atoms with Gasteiger partial charge in [-0.25, -0.2) is 15.0 Å². The quantitative estimate of drug-likeness (QED) is 0.137. The Morgan fingerprint density at radius 2 is 1.93 bits per heavy atom. The van der Waals surface area contributed by atoms with E-state index in [9.17, 15) is 9.59 Å². The molecule has 6 N–H and O–H groups in total. The lowest BCUT2D eigenvalue weighted by molar-refractivity contribution is -0.134. The number of hydrazone groups is 1. The lowest BCUT2D eigenvalue weighted by Crippen LogP contribution is -2.27. The molecule has 2 rings (SSSR count). The third-order valence-corrected chi connectivity index (χ3v) is 3.72. The van der Waals surface area contributed by atoms with Crippen LogP contribution in [0.3, 0.4) is 0 Å². The second-order valence-corrected chi connectivity index (χ2v) is 6.01. The Balaban J connectivity index is 0.000000479. The zero-order valence-electron chi connectivity index (χ0n) is 17.0. The van der Waals surface area contributed by atoms with Crippen LogP contribution in [0.5, 0.6) is 5.75 Å². The number of aromatic nitrogens is 1. The molecule has 0 spiro atoms. The van der Waals surface area contributed by atoms with E-state index in [1.807, 2.05) is 24.4 Å². The van der Waals surface area contributed by atoms with E-state index in [1.54, 1.807) is 13.3 Å². The van der Waals surface area contributed by atoms with Gasteiger partial charge >= 0.3 is 11.9 Å². The summed E-state index contributed by atoms with van der Waals surface area (Å²) in [6.07, 6.45) is 8.11. The Bertz CT molecular complexity index is 901. The molecule has 30 heavy (non-hydrogen) atoms. The van der Waals surface area contributed by atoms with E-state index >= 15 is 0 Å². The monoisotopic (exact) mass is 417 g/mol. The standard InChI is InChI=1S/C16H23N5O.C4H4O4/c1-3-4-5-8-18-16(17)21-20-11-12-10-19-15-7-6-13(22-2)9-14(12)15;5-3(6)1-2-4(7)8/h6-7,9-11,19H,3-5,8H2,1-2H3,(H3,17,18,21);1-2H,(H,5,6)(H,7,8)/b20-11+;. The van der Waals surface area contributed by atoms with Crippen LogP contribution in [0.25, 0.3) is 10.9 Å². The average Bonchev–Trinajstić information content (AvgIpc) is 3.12. The number of aliphatic imine (C=N–C) groups is 1. The molecule has 1 heterocycles. The van der Waals surface area contributed by atoms with Crippen molar-refractivity contribution in [1.82, 2.24) is 10.4 Å². The molecule has 1 aromatic carbocycles. The highest BCUT2D eigenvalue weighted by atomic mass is 16.5. The molecule has 0 aliphatic rings. The summed E-state index contributed by atoms with van der Waals surface area (Å²) in [5.41, 5.74) is 10.5. The molecule has 0 unspecified atom stereocenters. The maximum atomic E-state index is 9.55. The molecule has 0 aliphatic heterocycles. The van der Waals surface area contributed by atoms with Crippen LogP contribution in [-0.2, 0) is 9.59 Å². The number of H-pyrrole nitrogens is 1. The minimum absolute atomic E-state index is 0.338. The Morgan fingerprint density at radius 1 is 1.23 bits per heavy atom. The van der Waals surface area contributed by atoms with Gasteiger partial charge in [-0.3, -0.25) is 4.99 Å². The third kappa shape index (κ3) is 9.40. The van der Waals surface area contributed by atoms with Gasteiger partial charge in [0, 0.05) is 41.4 Å². The number of methoxy groups -OCH3 is 1. The van der Waals surface area contributed by atoms with Crippen molar-refractivity contribution in [1.29, 1.82) is 0 Å². The van der Waals surface area contributed by atoms with Gasteiger partial charge in [-0.15, -0.1) is 0 Å². The highest BCUT2D eigenvalue weighted by Gasteiger charge is 2.03. The number of fused-ring (bicyclic) bond motifs is 1.